The zero-order chi connectivity index (χ0) is 14.1. The summed E-state index contributed by atoms with van der Waals surface area (Å²) in [6, 6.07) is 7.63. The van der Waals surface area contributed by atoms with Crippen molar-refractivity contribution in [2.45, 2.75) is 26.3 Å². The lowest BCUT2D eigenvalue weighted by molar-refractivity contribution is 0.112. The molecule has 0 aliphatic carbocycles. The van der Waals surface area contributed by atoms with E-state index in [9.17, 15) is 4.79 Å². The highest BCUT2D eigenvalue weighted by molar-refractivity contribution is 5.96. The molecule has 1 aromatic carbocycles. The Hall–Kier alpha value is -2.43. The predicted octanol–water partition coefficient (Wildman–Crippen LogP) is 3.01. The Morgan fingerprint density at radius 1 is 1.35 bits per heavy atom. The number of fused-ring (bicyclic) bond motifs is 1. The van der Waals surface area contributed by atoms with E-state index in [4.69, 9.17) is 4.52 Å². The molecule has 2 aromatic heterocycles. The summed E-state index contributed by atoms with van der Waals surface area (Å²) in [7, 11) is 0. The van der Waals surface area contributed by atoms with Gasteiger partial charge in [-0.25, -0.2) is 0 Å². The zero-order valence-corrected chi connectivity index (χ0v) is 11.4. The van der Waals surface area contributed by atoms with Crippen LogP contribution in [0.3, 0.4) is 0 Å². The standard InChI is InChI=1S/C15H15N3O2/c1-10(2)15-16-13(20-17-15)8-18-7-6-11-4-3-5-12(9-19)14(11)18/h3-7,9-10H,8H2,1-2H3. The summed E-state index contributed by atoms with van der Waals surface area (Å²) in [5, 5.41) is 4.98. The van der Waals surface area contributed by atoms with E-state index in [-0.39, 0.29) is 5.92 Å². The summed E-state index contributed by atoms with van der Waals surface area (Å²) in [5.74, 6) is 1.48. The number of nitrogens with zero attached hydrogens (tertiary/aromatic N) is 3. The molecule has 0 saturated heterocycles. The number of benzene rings is 1. The second-order valence-corrected chi connectivity index (χ2v) is 5.05. The van der Waals surface area contributed by atoms with E-state index in [0.29, 0.717) is 23.8 Å². The van der Waals surface area contributed by atoms with Crippen molar-refractivity contribution in [2.24, 2.45) is 0 Å². The first kappa shape index (κ1) is 12.6. The van der Waals surface area contributed by atoms with Crippen LogP contribution in [0.5, 0.6) is 0 Å². The first-order chi connectivity index (χ1) is 9.69. The lowest BCUT2D eigenvalue weighted by atomic mass is 10.1. The van der Waals surface area contributed by atoms with Crippen molar-refractivity contribution in [3.05, 3.63) is 47.7 Å². The van der Waals surface area contributed by atoms with Gasteiger partial charge in [0.1, 0.15) is 6.54 Å². The molecule has 0 spiro atoms. The molecule has 0 unspecified atom stereocenters. The highest BCUT2D eigenvalue weighted by Gasteiger charge is 2.12. The summed E-state index contributed by atoms with van der Waals surface area (Å²) in [4.78, 5) is 15.5. The van der Waals surface area contributed by atoms with Gasteiger partial charge in [0.15, 0.2) is 12.1 Å². The normalized spacial score (nSPS) is 11.3. The van der Waals surface area contributed by atoms with E-state index in [1.54, 1.807) is 6.07 Å². The number of rotatable bonds is 4. The minimum Gasteiger partial charge on any atom is -0.337 e. The smallest absolute Gasteiger partial charge is 0.246 e. The van der Waals surface area contributed by atoms with E-state index < -0.39 is 0 Å². The van der Waals surface area contributed by atoms with E-state index in [2.05, 4.69) is 10.1 Å². The molecular formula is C15H15N3O2. The second-order valence-electron chi connectivity index (χ2n) is 5.05. The van der Waals surface area contributed by atoms with Gasteiger partial charge in [0, 0.05) is 23.1 Å². The average Bonchev–Trinajstić information content (AvgIpc) is 3.06. The molecule has 0 atom stereocenters. The van der Waals surface area contributed by atoms with Crippen molar-refractivity contribution in [1.29, 1.82) is 0 Å². The van der Waals surface area contributed by atoms with Crippen LogP contribution in [0.1, 0.15) is 41.8 Å². The van der Waals surface area contributed by atoms with Crippen LogP contribution in [-0.4, -0.2) is 21.0 Å². The molecule has 0 aliphatic rings. The van der Waals surface area contributed by atoms with Gasteiger partial charge in [-0.1, -0.05) is 31.1 Å². The third kappa shape index (κ3) is 2.11. The lowest BCUT2D eigenvalue weighted by Gasteiger charge is -2.03. The molecule has 5 nitrogen and oxygen atoms in total. The van der Waals surface area contributed by atoms with Crippen LogP contribution in [0.4, 0.5) is 0 Å². The Morgan fingerprint density at radius 3 is 2.90 bits per heavy atom. The summed E-state index contributed by atoms with van der Waals surface area (Å²) in [6.45, 7) is 4.50. The number of carbonyl (C=O) groups excluding carboxylic acids is 1. The molecule has 0 aliphatic heterocycles. The predicted molar refractivity (Wildman–Crippen MR) is 74.8 cm³/mol. The van der Waals surface area contributed by atoms with Gasteiger partial charge in [0.05, 0.1) is 5.52 Å². The van der Waals surface area contributed by atoms with Crippen LogP contribution in [0.25, 0.3) is 10.9 Å². The third-order valence-electron chi connectivity index (χ3n) is 3.25. The van der Waals surface area contributed by atoms with Crippen LogP contribution in [0.15, 0.2) is 35.0 Å². The zero-order valence-electron chi connectivity index (χ0n) is 11.4. The fourth-order valence-electron chi connectivity index (χ4n) is 2.23. The molecule has 2 heterocycles. The van der Waals surface area contributed by atoms with E-state index in [0.717, 1.165) is 17.2 Å². The maximum absolute atomic E-state index is 11.2. The molecule has 0 amide bonds. The highest BCUT2D eigenvalue weighted by Crippen LogP contribution is 2.20. The minimum atomic E-state index is 0.236. The molecular weight excluding hydrogens is 254 g/mol. The van der Waals surface area contributed by atoms with Crippen LogP contribution < -0.4 is 0 Å². The number of para-hydroxylation sites is 1. The Labute approximate surface area is 116 Å². The van der Waals surface area contributed by atoms with Crippen molar-refractivity contribution < 1.29 is 9.32 Å². The molecule has 5 heteroatoms. The number of hydrogen-bond donors (Lipinski definition) is 0. The molecule has 0 radical (unpaired) electrons. The van der Waals surface area contributed by atoms with Gasteiger partial charge in [-0.15, -0.1) is 0 Å². The van der Waals surface area contributed by atoms with Crippen molar-refractivity contribution in [3.63, 3.8) is 0 Å². The lowest BCUT2D eigenvalue weighted by Crippen LogP contribution is -2.00. The van der Waals surface area contributed by atoms with Crippen molar-refractivity contribution in [1.82, 2.24) is 14.7 Å². The van der Waals surface area contributed by atoms with Gasteiger partial charge >= 0.3 is 0 Å². The molecule has 102 valence electrons. The Balaban J connectivity index is 2.00. The molecule has 0 bridgehead atoms. The van der Waals surface area contributed by atoms with Crippen LogP contribution in [0, 0.1) is 0 Å². The Bertz CT molecular complexity index is 755. The molecule has 3 rings (SSSR count). The summed E-state index contributed by atoms with van der Waals surface area (Å²) in [5.41, 5.74) is 1.56. The van der Waals surface area contributed by atoms with Gasteiger partial charge in [0.25, 0.3) is 0 Å². The average molecular weight is 269 g/mol. The van der Waals surface area contributed by atoms with Crippen LogP contribution >= 0.6 is 0 Å². The van der Waals surface area contributed by atoms with E-state index >= 15 is 0 Å². The molecule has 0 N–H and O–H groups in total. The van der Waals surface area contributed by atoms with Gasteiger partial charge in [-0.2, -0.15) is 4.98 Å². The van der Waals surface area contributed by atoms with Crippen LogP contribution in [-0.2, 0) is 6.54 Å². The minimum absolute atomic E-state index is 0.236. The van der Waals surface area contributed by atoms with E-state index in [1.165, 1.54) is 0 Å². The van der Waals surface area contributed by atoms with Crippen molar-refractivity contribution in [3.8, 4) is 0 Å². The molecule has 3 aromatic rings. The van der Waals surface area contributed by atoms with Crippen molar-refractivity contribution >= 4 is 17.2 Å². The van der Waals surface area contributed by atoms with E-state index in [1.807, 2.05) is 42.8 Å². The van der Waals surface area contributed by atoms with Gasteiger partial charge in [-0.3, -0.25) is 4.79 Å². The topological polar surface area (TPSA) is 60.9 Å². The molecule has 0 saturated carbocycles. The maximum Gasteiger partial charge on any atom is 0.246 e. The fraction of sp³-hybridized carbons (Fsp3) is 0.267. The summed E-state index contributed by atoms with van der Waals surface area (Å²) in [6.07, 6.45) is 2.79. The van der Waals surface area contributed by atoms with Crippen molar-refractivity contribution in [2.75, 3.05) is 0 Å². The SMILES string of the molecule is CC(C)c1noc(Cn2ccc3cccc(C=O)c32)n1. The maximum atomic E-state index is 11.2. The Morgan fingerprint density at radius 2 is 2.20 bits per heavy atom. The monoisotopic (exact) mass is 269 g/mol. The quantitative estimate of drug-likeness (QED) is 0.683. The fourth-order valence-corrected chi connectivity index (χ4v) is 2.23. The number of hydrogen-bond acceptors (Lipinski definition) is 4. The molecule has 0 fully saturated rings. The first-order valence-corrected chi connectivity index (χ1v) is 6.54. The number of carbonyl (C=O) groups is 1. The van der Waals surface area contributed by atoms with Gasteiger partial charge in [-0.05, 0) is 12.1 Å². The Kier molecular flexibility index (Phi) is 3.10. The largest absolute Gasteiger partial charge is 0.337 e. The summed E-state index contributed by atoms with van der Waals surface area (Å²) < 4.78 is 7.21. The van der Waals surface area contributed by atoms with Gasteiger partial charge in [0.2, 0.25) is 5.89 Å². The summed E-state index contributed by atoms with van der Waals surface area (Å²) >= 11 is 0. The molecule has 20 heavy (non-hydrogen) atoms. The number of aromatic nitrogens is 3. The first-order valence-electron chi connectivity index (χ1n) is 6.54. The highest BCUT2D eigenvalue weighted by atomic mass is 16.5. The van der Waals surface area contributed by atoms with Gasteiger partial charge < -0.3 is 9.09 Å². The second kappa shape index (κ2) is 4.92. The van der Waals surface area contributed by atoms with Crippen LogP contribution in [0.2, 0.25) is 0 Å². The number of aldehydes is 1. The third-order valence-corrected chi connectivity index (χ3v) is 3.25.